The molecule has 0 aliphatic heterocycles. The summed E-state index contributed by atoms with van der Waals surface area (Å²) in [6.07, 6.45) is 15.2. The Hall–Kier alpha value is -1.95. The molecule has 2 rings (SSSR count). The molecule has 0 bridgehead atoms. The number of allylic oxidation sites excluding steroid dienone is 4. The average molecular weight is 515 g/mol. The maximum absolute atomic E-state index is 11.4. The van der Waals surface area contributed by atoms with Crippen LogP contribution in [0, 0.1) is 21.7 Å². The number of aliphatic carboxylic acids is 1. The van der Waals surface area contributed by atoms with Gasteiger partial charge in [0.05, 0.1) is 17.6 Å². The van der Waals surface area contributed by atoms with Crippen LogP contribution in [0.15, 0.2) is 58.7 Å². The Morgan fingerprint density at radius 2 is 1.22 bits per heavy atom. The van der Waals surface area contributed by atoms with Gasteiger partial charge in [-0.25, -0.2) is 0 Å². The first kappa shape index (κ1) is 31.3. The Morgan fingerprint density at radius 1 is 0.811 bits per heavy atom. The molecule has 0 amide bonds. The molecule has 0 spiro atoms. The largest absolute Gasteiger partial charge is 0.481 e. The maximum atomic E-state index is 11.4. The van der Waals surface area contributed by atoms with Crippen molar-refractivity contribution in [3.63, 3.8) is 0 Å². The normalized spacial score (nSPS) is 23.9. The van der Waals surface area contributed by atoms with E-state index in [-0.39, 0.29) is 22.9 Å². The van der Waals surface area contributed by atoms with Crippen LogP contribution in [-0.4, -0.2) is 45.2 Å². The molecule has 0 aromatic rings. The van der Waals surface area contributed by atoms with Crippen LogP contribution in [0.2, 0.25) is 0 Å². The van der Waals surface area contributed by atoms with Crippen LogP contribution in [0.1, 0.15) is 93.9 Å². The van der Waals surface area contributed by atoms with Gasteiger partial charge in [-0.2, -0.15) is 0 Å². The summed E-state index contributed by atoms with van der Waals surface area (Å²) in [5, 5.41) is 41.3. The van der Waals surface area contributed by atoms with Gasteiger partial charge in [0, 0.05) is 17.4 Å². The van der Waals surface area contributed by atoms with Crippen LogP contribution in [0.25, 0.3) is 0 Å². The molecule has 0 aromatic carbocycles. The Morgan fingerprint density at radius 3 is 1.59 bits per heavy atom. The van der Waals surface area contributed by atoms with E-state index in [0.717, 1.165) is 41.6 Å². The van der Waals surface area contributed by atoms with E-state index in [1.54, 1.807) is 13.8 Å². The third-order valence-corrected chi connectivity index (χ3v) is 7.59. The van der Waals surface area contributed by atoms with E-state index in [4.69, 9.17) is 0 Å². The lowest BCUT2D eigenvalue weighted by atomic mass is 9.76. The van der Waals surface area contributed by atoms with Crippen LogP contribution in [0.3, 0.4) is 0 Å². The van der Waals surface area contributed by atoms with Crippen LogP contribution < -0.4 is 0 Å². The molecule has 2 unspecified atom stereocenters. The number of hydrogen-bond acceptors (Lipinski definition) is 4. The number of aliphatic hydroxyl groups excluding tert-OH is 3. The van der Waals surface area contributed by atoms with Crippen molar-refractivity contribution in [2.75, 3.05) is 6.61 Å². The second-order valence-corrected chi connectivity index (χ2v) is 13.7. The van der Waals surface area contributed by atoms with E-state index in [2.05, 4.69) is 65.8 Å². The van der Waals surface area contributed by atoms with E-state index >= 15 is 0 Å². The number of rotatable bonds is 12. The van der Waals surface area contributed by atoms with Crippen molar-refractivity contribution in [2.45, 2.75) is 106 Å². The zero-order chi connectivity index (χ0) is 28.2. The van der Waals surface area contributed by atoms with Gasteiger partial charge in [-0.05, 0) is 80.1 Å². The molecule has 5 nitrogen and oxygen atoms in total. The van der Waals surface area contributed by atoms with E-state index in [1.807, 2.05) is 12.2 Å². The van der Waals surface area contributed by atoms with Gasteiger partial charge in [-0.1, -0.05) is 78.0 Å². The number of carboxylic acid groups (broad SMARTS) is 1. The van der Waals surface area contributed by atoms with Crippen molar-refractivity contribution in [3.8, 4) is 0 Å². The molecule has 4 N–H and O–H groups in total. The summed E-state index contributed by atoms with van der Waals surface area (Å²) in [4.78, 5) is 11.4. The van der Waals surface area contributed by atoms with Crippen molar-refractivity contribution in [1.29, 1.82) is 0 Å². The fourth-order valence-corrected chi connectivity index (χ4v) is 5.22. The van der Waals surface area contributed by atoms with Crippen molar-refractivity contribution in [3.05, 3.63) is 58.7 Å². The molecule has 2 aliphatic carbocycles. The van der Waals surface area contributed by atoms with Crippen LogP contribution in [0.5, 0.6) is 0 Å². The maximum Gasteiger partial charge on any atom is 0.309 e. The quantitative estimate of drug-likeness (QED) is 0.222. The van der Waals surface area contributed by atoms with Crippen LogP contribution in [-0.2, 0) is 4.79 Å². The first-order valence-electron chi connectivity index (χ1n) is 13.7. The lowest BCUT2D eigenvalue weighted by Crippen LogP contribution is -2.25. The molecule has 5 heteroatoms. The molecular weight excluding hydrogens is 464 g/mol. The third kappa shape index (κ3) is 9.08. The summed E-state index contributed by atoms with van der Waals surface area (Å²) < 4.78 is 0. The highest BCUT2D eigenvalue weighted by Crippen LogP contribution is 2.38. The van der Waals surface area contributed by atoms with Crippen molar-refractivity contribution >= 4 is 5.97 Å². The molecule has 0 radical (unpaired) electrons. The Balaban J connectivity index is 2.14. The predicted octanol–water partition coefficient (Wildman–Crippen LogP) is 6.52. The topological polar surface area (TPSA) is 98.0 Å². The third-order valence-electron chi connectivity index (χ3n) is 7.59. The van der Waals surface area contributed by atoms with Crippen LogP contribution in [0.4, 0.5) is 0 Å². The number of hydrogen-bond donors (Lipinski definition) is 4. The number of carboxylic acids is 1. The molecule has 2 aliphatic rings. The van der Waals surface area contributed by atoms with Gasteiger partial charge >= 0.3 is 5.97 Å². The molecule has 0 saturated heterocycles. The van der Waals surface area contributed by atoms with E-state index in [9.17, 15) is 25.2 Å². The zero-order valence-electron chi connectivity index (χ0n) is 24.3. The van der Waals surface area contributed by atoms with E-state index in [0.29, 0.717) is 19.3 Å². The van der Waals surface area contributed by atoms with Crippen molar-refractivity contribution < 1.29 is 25.2 Å². The molecular formula is C32H50O5. The lowest BCUT2D eigenvalue weighted by Gasteiger charge is -2.31. The van der Waals surface area contributed by atoms with Gasteiger partial charge in [0.2, 0.25) is 0 Å². The molecule has 0 heterocycles. The minimum Gasteiger partial charge on any atom is -0.481 e. The molecule has 37 heavy (non-hydrogen) atoms. The predicted molar refractivity (Wildman–Crippen MR) is 151 cm³/mol. The second-order valence-electron chi connectivity index (χ2n) is 13.7. The molecule has 208 valence electrons. The SMILES string of the molecule is CC1(C)C=C(C=CC2=CC(C)(C)C=C(CCCC(C)(C)C(=O)O)C2O)C(O)C(CCCC(C)(C)CO)=C1. The monoisotopic (exact) mass is 514 g/mol. The molecule has 0 fully saturated rings. The second kappa shape index (κ2) is 11.8. The summed E-state index contributed by atoms with van der Waals surface area (Å²) in [6.45, 7) is 16.2. The van der Waals surface area contributed by atoms with Gasteiger partial charge in [-0.3, -0.25) is 4.79 Å². The van der Waals surface area contributed by atoms with Crippen molar-refractivity contribution in [2.24, 2.45) is 21.7 Å². The lowest BCUT2D eigenvalue weighted by molar-refractivity contribution is -0.147. The smallest absolute Gasteiger partial charge is 0.309 e. The summed E-state index contributed by atoms with van der Waals surface area (Å²) in [7, 11) is 0. The standard InChI is InChI=1S/C32H50O5/c1-29(2,21-33)15-9-11-22-17-30(3,4)19-24(26(22)34)13-14-25-20-31(5,6)18-23(27(25)35)12-10-16-32(7,8)28(36)37/h13-14,17-20,26-27,33-35H,9-12,15-16,21H2,1-8H3,(H,36,37). The Labute approximate surface area is 224 Å². The fraction of sp³-hybridized carbons (Fsp3) is 0.656. The van der Waals surface area contributed by atoms with Gasteiger partial charge in [0.1, 0.15) is 0 Å². The van der Waals surface area contributed by atoms with E-state index < -0.39 is 23.6 Å². The Kier molecular flexibility index (Phi) is 10.0. The average Bonchev–Trinajstić information content (AvgIpc) is 2.76. The first-order valence-corrected chi connectivity index (χ1v) is 13.7. The molecule has 0 saturated carbocycles. The van der Waals surface area contributed by atoms with Crippen LogP contribution >= 0.6 is 0 Å². The summed E-state index contributed by atoms with van der Waals surface area (Å²) in [5.74, 6) is -0.803. The molecule has 2 atom stereocenters. The number of carbonyl (C=O) groups is 1. The highest BCUT2D eigenvalue weighted by Gasteiger charge is 2.30. The number of aliphatic hydroxyl groups is 3. The zero-order valence-corrected chi connectivity index (χ0v) is 24.3. The van der Waals surface area contributed by atoms with E-state index in [1.165, 1.54) is 0 Å². The fourth-order valence-electron chi connectivity index (χ4n) is 5.22. The summed E-state index contributed by atoms with van der Waals surface area (Å²) >= 11 is 0. The van der Waals surface area contributed by atoms with Crippen molar-refractivity contribution in [1.82, 2.24) is 0 Å². The first-order chi connectivity index (χ1) is 16.9. The van der Waals surface area contributed by atoms with Gasteiger partial charge in [0.25, 0.3) is 0 Å². The Bertz CT molecular complexity index is 985. The van der Waals surface area contributed by atoms with Gasteiger partial charge in [0.15, 0.2) is 0 Å². The van der Waals surface area contributed by atoms with Gasteiger partial charge in [-0.15, -0.1) is 0 Å². The minimum atomic E-state index is -0.803. The molecule has 0 aromatic heterocycles. The summed E-state index contributed by atoms with van der Waals surface area (Å²) in [6, 6.07) is 0. The highest BCUT2D eigenvalue weighted by atomic mass is 16.4. The highest BCUT2D eigenvalue weighted by molar-refractivity contribution is 5.73. The summed E-state index contributed by atoms with van der Waals surface area (Å²) in [5.41, 5.74) is 2.20. The minimum absolute atomic E-state index is 0.126. The van der Waals surface area contributed by atoms with Gasteiger partial charge < -0.3 is 20.4 Å².